The Morgan fingerprint density at radius 2 is 2.20 bits per heavy atom. The van der Waals surface area contributed by atoms with E-state index in [1.54, 1.807) is 6.92 Å². The molecule has 3 heteroatoms. The molecule has 0 aromatic carbocycles. The van der Waals surface area contributed by atoms with Gasteiger partial charge in [-0.1, -0.05) is 0 Å². The van der Waals surface area contributed by atoms with Crippen LogP contribution in [0.4, 0.5) is 0 Å². The zero-order valence-corrected chi connectivity index (χ0v) is 9.25. The van der Waals surface area contributed by atoms with E-state index in [2.05, 4.69) is 0 Å². The van der Waals surface area contributed by atoms with Crippen molar-refractivity contribution in [1.29, 1.82) is 0 Å². The minimum atomic E-state index is -0.463. The van der Waals surface area contributed by atoms with Gasteiger partial charge in [-0.05, 0) is 44.4 Å². The van der Waals surface area contributed by atoms with Crippen LogP contribution in [0.25, 0.3) is 0 Å². The van der Waals surface area contributed by atoms with E-state index in [0.29, 0.717) is 18.4 Å². The molecule has 0 radical (unpaired) electrons. The summed E-state index contributed by atoms with van der Waals surface area (Å²) in [5.74, 6) is -0.664. The maximum Gasteiger partial charge on any atom is 0.316 e. The molecule has 0 N–H and O–H groups in total. The number of carbonyl (C=O) groups is 2. The van der Waals surface area contributed by atoms with Gasteiger partial charge in [-0.2, -0.15) is 0 Å². The van der Waals surface area contributed by atoms with E-state index in [4.69, 9.17) is 4.74 Å². The summed E-state index contributed by atoms with van der Waals surface area (Å²) in [4.78, 5) is 23.4. The van der Waals surface area contributed by atoms with E-state index < -0.39 is 5.92 Å². The van der Waals surface area contributed by atoms with Gasteiger partial charge in [0, 0.05) is 6.42 Å². The molecule has 2 fully saturated rings. The Bertz CT molecular complexity index is 279. The van der Waals surface area contributed by atoms with Gasteiger partial charge in [-0.15, -0.1) is 0 Å². The van der Waals surface area contributed by atoms with Gasteiger partial charge in [-0.3, -0.25) is 9.59 Å². The van der Waals surface area contributed by atoms with E-state index in [9.17, 15) is 9.59 Å². The monoisotopic (exact) mass is 210 g/mol. The lowest BCUT2D eigenvalue weighted by Gasteiger charge is -2.16. The molecule has 0 aromatic heterocycles. The Hall–Kier alpha value is -0.860. The minimum absolute atomic E-state index is 0.0947. The fourth-order valence-electron chi connectivity index (χ4n) is 2.55. The van der Waals surface area contributed by atoms with Crippen LogP contribution in [0.5, 0.6) is 0 Å². The Morgan fingerprint density at radius 1 is 1.47 bits per heavy atom. The molecular weight excluding hydrogens is 192 g/mol. The quantitative estimate of drug-likeness (QED) is 0.517. The second-order valence-electron chi connectivity index (χ2n) is 4.83. The molecule has 84 valence electrons. The van der Waals surface area contributed by atoms with Crippen molar-refractivity contribution >= 4 is 11.8 Å². The van der Waals surface area contributed by atoms with Crippen LogP contribution in [0.2, 0.25) is 0 Å². The zero-order valence-electron chi connectivity index (χ0n) is 9.25. The molecular formula is C12H18O3. The molecule has 0 bridgehead atoms. The Morgan fingerprint density at radius 3 is 2.80 bits per heavy atom. The Balaban J connectivity index is 2.05. The molecule has 2 aliphatic carbocycles. The molecule has 3 nitrogen and oxygen atoms in total. The normalized spacial score (nSPS) is 28.6. The van der Waals surface area contributed by atoms with Crippen LogP contribution in [-0.2, 0) is 14.3 Å². The summed E-state index contributed by atoms with van der Waals surface area (Å²) in [6, 6.07) is 0. The number of Topliss-reactive ketones (excluding diaryl/α,β-unsaturated/α-hetero) is 1. The summed E-state index contributed by atoms with van der Waals surface area (Å²) >= 11 is 0. The van der Waals surface area contributed by atoms with Crippen molar-refractivity contribution in [3.05, 3.63) is 0 Å². The lowest BCUT2D eigenvalue weighted by Crippen LogP contribution is -2.26. The van der Waals surface area contributed by atoms with Crippen molar-refractivity contribution in [2.75, 3.05) is 6.61 Å². The average molecular weight is 210 g/mol. The highest BCUT2D eigenvalue weighted by Gasteiger charge is 2.48. The van der Waals surface area contributed by atoms with Gasteiger partial charge < -0.3 is 4.74 Å². The number of ether oxygens (including phenoxy) is 1. The van der Waals surface area contributed by atoms with Gasteiger partial charge in [0.2, 0.25) is 0 Å². The van der Waals surface area contributed by atoms with Gasteiger partial charge in [0.15, 0.2) is 0 Å². The van der Waals surface area contributed by atoms with E-state index in [1.807, 2.05) is 0 Å². The largest absolute Gasteiger partial charge is 0.465 e. The summed E-state index contributed by atoms with van der Waals surface area (Å²) in [5, 5.41) is 0. The number of hydrogen-bond acceptors (Lipinski definition) is 3. The minimum Gasteiger partial charge on any atom is -0.465 e. The van der Waals surface area contributed by atoms with Gasteiger partial charge in [0.1, 0.15) is 11.7 Å². The maximum atomic E-state index is 11.7. The molecule has 1 atom stereocenters. The third kappa shape index (κ3) is 2.21. The highest BCUT2D eigenvalue weighted by Crippen LogP contribution is 2.56. The third-order valence-electron chi connectivity index (χ3n) is 3.68. The summed E-state index contributed by atoms with van der Waals surface area (Å²) in [6.45, 7) is 2.15. The van der Waals surface area contributed by atoms with E-state index in [-0.39, 0.29) is 11.8 Å². The molecule has 0 aromatic rings. The smallest absolute Gasteiger partial charge is 0.316 e. The molecule has 0 saturated heterocycles. The first-order valence-electron chi connectivity index (χ1n) is 5.86. The molecule has 1 spiro atoms. The highest BCUT2D eigenvalue weighted by molar-refractivity contribution is 5.99. The van der Waals surface area contributed by atoms with Crippen molar-refractivity contribution in [3.63, 3.8) is 0 Å². The van der Waals surface area contributed by atoms with Crippen LogP contribution in [0, 0.1) is 11.3 Å². The van der Waals surface area contributed by atoms with Gasteiger partial charge in [0.05, 0.1) is 6.61 Å². The van der Waals surface area contributed by atoms with Crippen molar-refractivity contribution in [1.82, 2.24) is 0 Å². The van der Waals surface area contributed by atoms with Crippen molar-refractivity contribution < 1.29 is 14.3 Å². The fourth-order valence-corrected chi connectivity index (χ4v) is 2.55. The van der Waals surface area contributed by atoms with Gasteiger partial charge >= 0.3 is 5.97 Å². The number of rotatable bonds is 2. The second kappa shape index (κ2) is 3.95. The SMILES string of the molecule is CCOC(=O)C1CC2(CCCC1=O)CC2. The topological polar surface area (TPSA) is 43.4 Å². The molecule has 0 aliphatic heterocycles. The Labute approximate surface area is 90.2 Å². The lowest BCUT2D eigenvalue weighted by molar-refractivity contribution is -0.152. The van der Waals surface area contributed by atoms with Crippen LogP contribution in [0.15, 0.2) is 0 Å². The summed E-state index contributed by atoms with van der Waals surface area (Å²) in [6.07, 6.45) is 5.76. The first-order valence-corrected chi connectivity index (χ1v) is 5.86. The first kappa shape index (κ1) is 10.7. The molecule has 2 aliphatic rings. The number of hydrogen-bond donors (Lipinski definition) is 0. The van der Waals surface area contributed by atoms with Crippen LogP contribution in [0.3, 0.4) is 0 Å². The summed E-state index contributed by atoms with van der Waals surface area (Å²) in [7, 11) is 0. The summed E-state index contributed by atoms with van der Waals surface area (Å²) < 4.78 is 4.97. The second-order valence-corrected chi connectivity index (χ2v) is 4.83. The molecule has 15 heavy (non-hydrogen) atoms. The fraction of sp³-hybridized carbons (Fsp3) is 0.833. The molecule has 2 rings (SSSR count). The highest BCUT2D eigenvalue weighted by atomic mass is 16.5. The van der Waals surface area contributed by atoms with E-state index in [1.165, 1.54) is 12.8 Å². The van der Waals surface area contributed by atoms with E-state index in [0.717, 1.165) is 19.3 Å². The third-order valence-corrected chi connectivity index (χ3v) is 3.68. The van der Waals surface area contributed by atoms with Crippen molar-refractivity contribution in [2.45, 2.75) is 45.4 Å². The molecule has 2 saturated carbocycles. The Kier molecular flexibility index (Phi) is 2.81. The molecule has 0 amide bonds. The summed E-state index contributed by atoms with van der Waals surface area (Å²) in [5.41, 5.74) is 0.323. The maximum absolute atomic E-state index is 11.7. The van der Waals surface area contributed by atoms with Crippen LogP contribution in [0.1, 0.15) is 45.4 Å². The first-order chi connectivity index (χ1) is 7.17. The number of esters is 1. The lowest BCUT2D eigenvalue weighted by atomic mass is 9.90. The number of carbonyl (C=O) groups excluding carboxylic acids is 2. The standard InChI is InChI=1S/C12H18O3/c1-2-15-11(14)9-8-12(6-7-12)5-3-4-10(9)13/h9H,2-8H2,1H3. The molecule has 0 heterocycles. The van der Waals surface area contributed by atoms with Crippen molar-refractivity contribution in [2.24, 2.45) is 11.3 Å². The van der Waals surface area contributed by atoms with E-state index >= 15 is 0 Å². The zero-order chi connectivity index (χ0) is 10.9. The van der Waals surface area contributed by atoms with Gasteiger partial charge in [0.25, 0.3) is 0 Å². The van der Waals surface area contributed by atoms with Gasteiger partial charge in [-0.25, -0.2) is 0 Å². The van der Waals surface area contributed by atoms with Crippen molar-refractivity contribution in [3.8, 4) is 0 Å². The van der Waals surface area contributed by atoms with Crippen LogP contribution >= 0.6 is 0 Å². The predicted molar refractivity (Wildman–Crippen MR) is 55.3 cm³/mol. The van der Waals surface area contributed by atoms with Crippen LogP contribution < -0.4 is 0 Å². The average Bonchev–Trinajstić information content (AvgIpc) is 2.97. The molecule has 1 unspecified atom stereocenters. The van der Waals surface area contributed by atoms with Crippen LogP contribution in [-0.4, -0.2) is 18.4 Å². The number of ketones is 1. The predicted octanol–water partition coefficient (Wildman–Crippen LogP) is 2.09.